The van der Waals surface area contributed by atoms with Crippen molar-refractivity contribution in [2.75, 3.05) is 39.3 Å². The third kappa shape index (κ3) is 7.29. The normalized spacial score (nSPS) is 16.0. The van der Waals surface area contributed by atoms with Crippen LogP contribution in [0, 0.1) is 0 Å². The molecule has 1 aliphatic rings. The lowest BCUT2D eigenvalue weighted by molar-refractivity contribution is -0.184. The van der Waals surface area contributed by atoms with E-state index in [2.05, 4.69) is 10.6 Å². The van der Waals surface area contributed by atoms with Gasteiger partial charge in [-0.3, -0.25) is 14.5 Å². The van der Waals surface area contributed by atoms with Crippen LogP contribution in [0.3, 0.4) is 0 Å². The van der Waals surface area contributed by atoms with Crippen LogP contribution in [0.2, 0.25) is 0 Å². The number of hydrogen-bond donors (Lipinski definition) is 2. The first-order valence-corrected chi connectivity index (χ1v) is 8.85. The van der Waals surface area contributed by atoms with Crippen LogP contribution in [0.4, 0.5) is 13.2 Å². The quantitative estimate of drug-likeness (QED) is 0.626. The van der Waals surface area contributed by atoms with E-state index in [0.29, 0.717) is 30.8 Å². The van der Waals surface area contributed by atoms with Crippen molar-refractivity contribution in [3.63, 3.8) is 0 Å². The summed E-state index contributed by atoms with van der Waals surface area (Å²) in [6.45, 7) is 2.37. The number of Topliss-reactive ketones (excluding diaryl/α,β-unsaturated/α-hetero) is 1. The van der Waals surface area contributed by atoms with Gasteiger partial charge in [-0.1, -0.05) is 6.92 Å². The molecule has 2 rings (SSSR count). The Labute approximate surface area is 168 Å². The highest BCUT2D eigenvalue weighted by molar-refractivity contribution is 5.95. The van der Waals surface area contributed by atoms with Crippen molar-refractivity contribution < 1.29 is 27.5 Å². The summed E-state index contributed by atoms with van der Waals surface area (Å²) in [6.07, 6.45) is -4.04. The standard InChI is InChI=1S/C18H24F3N3O3.ClH/c1-2-15(25)13-3-5-14(6-4-13)27-12-17(26)23-11-16(18(19,20)21)24-9-7-22-8-10-24;/h3-6,16,22H,2,7-12H2,1H3,(H,23,26);1H. The minimum Gasteiger partial charge on any atom is -0.484 e. The molecule has 2 N–H and O–H groups in total. The van der Waals surface area contributed by atoms with E-state index >= 15 is 0 Å². The second kappa shape index (κ2) is 11.2. The number of carbonyl (C=O) groups is 2. The number of rotatable bonds is 8. The molecule has 10 heteroatoms. The third-order valence-electron chi connectivity index (χ3n) is 4.33. The van der Waals surface area contributed by atoms with E-state index in [0.717, 1.165) is 0 Å². The lowest BCUT2D eigenvalue weighted by Crippen LogP contribution is -2.57. The van der Waals surface area contributed by atoms with Gasteiger partial charge in [-0.25, -0.2) is 0 Å². The number of amides is 1. The Balaban J connectivity index is 0.00000392. The summed E-state index contributed by atoms with van der Waals surface area (Å²) < 4.78 is 45.1. The fourth-order valence-electron chi connectivity index (χ4n) is 2.80. The summed E-state index contributed by atoms with van der Waals surface area (Å²) >= 11 is 0. The van der Waals surface area contributed by atoms with Crippen LogP contribution < -0.4 is 15.4 Å². The monoisotopic (exact) mass is 423 g/mol. The van der Waals surface area contributed by atoms with Gasteiger partial charge in [-0.15, -0.1) is 12.4 Å². The number of piperazine rings is 1. The molecule has 1 fully saturated rings. The molecule has 1 aromatic rings. The predicted molar refractivity (Wildman–Crippen MR) is 101 cm³/mol. The van der Waals surface area contributed by atoms with Gasteiger partial charge >= 0.3 is 6.18 Å². The number of alkyl halides is 3. The molecule has 1 heterocycles. The van der Waals surface area contributed by atoms with Crippen LogP contribution in [-0.4, -0.2) is 68.1 Å². The van der Waals surface area contributed by atoms with Crippen molar-refractivity contribution in [3.8, 4) is 5.75 Å². The third-order valence-corrected chi connectivity index (χ3v) is 4.33. The average Bonchev–Trinajstić information content (AvgIpc) is 2.66. The van der Waals surface area contributed by atoms with Gasteiger partial charge in [0.05, 0.1) is 0 Å². The van der Waals surface area contributed by atoms with E-state index in [1.54, 1.807) is 31.2 Å². The molecule has 0 aromatic heterocycles. The van der Waals surface area contributed by atoms with Crippen molar-refractivity contribution in [1.29, 1.82) is 0 Å². The molecule has 1 aliphatic heterocycles. The Morgan fingerprint density at radius 3 is 2.36 bits per heavy atom. The largest absolute Gasteiger partial charge is 0.484 e. The van der Waals surface area contributed by atoms with Crippen LogP contribution in [0.25, 0.3) is 0 Å². The van der Waals surface area contributed by atoms with Gasteiger partial charge < -0.3 is 15.4 Å². The average molecular weight is 424 g/mol. The minimum absolute atomic E-state index is 0. The fourth-order valence-corrected chi connectivity index (χ4v) is 2.80. The number of ketones is 1. The van der Waals surface area contributed by atoms with Crippen molar-refractivity contribution in [3.05, 3.63) is 29.8 Å². The molecule has 0 aliphatic carbocycles. The Bertz CT molecular complexity index is 635. The van der Waals surface area contributed by atoms with E-state index in [-0.39, 0.29) is 31.3 Å². The number of carbonyl (C=O) groups excluding carboxylic acids is 2. The van der Waals surface area contributed by atoms with Crippen LogP contribution in [0.15, 0.2) is 24.3 Å². The summed E-state index contributed by atoms with van der Waals surface area (Å²) in [5, 5.41) is 5.30. The molecule has 1 atom stereocenters. The van der Waals surface area contributed by atoms with Gasteiger partial charge in [-0.05, 0) is 24.3 Å². The number of ether oxygens (including phenoxy) is 1. The Hall–Kier alpha value is -1.84. The molecule has 158 valence electrons. The predicted octanol–water partition coefficient (Wildman–Crippen LogP) is 2.03. The molecule has 1 saturated heterocycles. The topological polar surface area (TPSA) is 70.7 Å². The van der Waals surface area contributed by atoms with Crippen LogP contribution in [-0.2, 0) is 4.79 Å². The second-order valence-corrected chi connectivity index (χ2v) is 6.24. The minimum atomic E-state index is -4.42. The molecule has 0 saturated carbocycles. The van der Waals surface area contributed by atoms with Gasteiger partial charge in [0, 0.05) is 44.7 Å². The highest BCUT2D eigenvalue weighted by Gasteiger charge is 2.43. The maximum absolute atomic E-state index is 13.3. The van der Waals surface area contributed by atoms with Crippen LogP contribution >= 0.6 is 12.4 Å². The van der Waals surface area contributed by atoms with Crippen LogP contribution in [0.1, 0.15) is 23.7 Å². The van der Waals surface area contributed by atoms with Gasteiger partial charge in [0.15, 0.2) is 12.4 Å². The fraction of sp³-hybridized carbons (Fsp3) is 0.556. The maximum atomic E-state index is 13.3. The second-order valence-electron chi connectivity index (χ2n) is 6.24. The number of benzene rings is 1. The Morgan fingerprint density at radius 1 is 1.21 bits per heavy atom. The molecule has 0 bridgehead atoms. The molecule has 1 unspecified atom stereocenters. The van der Waals surface area contributed by atoms with E-state index in [4.69, 9.17) is 4.74 Å². The first-order chi connectivity index (χ1) is 12.8. The Morgan fingerprint density at radius 2 is 1.82 bits per heavy atom. The zero-order valence-corrected chi connectivity index (χ0v) is 16.4. The smallest absolute Gasteiger partial charge is 0.405 e. The first kappa shape index (κ1) is 24.2. The maximum Gasteiger partial charge on any atom is 0.405 e. The van der Waals surface area contributed by atoms with Gasteiger partial charge in [0.1, 0.15) is 11.8 Å². The van der Waals surface area contributed by atoms with E-state index in [1.807, 2.05) is 0 Å². The van der Waals surface area contributed by atoms with Crippen molar-refractivity contribution in [2.45, 2.75) is 25.6 Å². The molecule has 1 aromatic carbocycles. The summed E-state index contributed by atoms with van der Waals surface area (Å²) in [5.74, 6) is -0.272. The Kier molecular flexibility index (Phi) is 9.71. The number of nitrogens with zero attached hydrogens (tertiary/aromatic N) is 1. The SMILES string of the molecule is CCC(=O)c1ccc(OCC(=O)NCC(N2CCNCC2)C(F)(F)F)cc1.Cl. The van der Waals surface area contributed by atoms with Gasteiger partial charge in [0.25, 0.3) is 5.91 Å². The van der Waals surface area contributed by atoms with Gasteiger partial charge in [-0.2, -0.15) is 13.2 Å². The van der Waals surface area contributed by atoms with Crippen molar-refractivity contribution in [2.24, 2.45) is 0 Å². The summed E-state index contributed by atoms with van der Waals surface area (Å²) in [6, 6.07) is 4.56. The van der Waals surface area contributed by atoms with Gasteiger partial charge in [0.2, 0.25) is 0 Å². The summed E-state index contributed by atoms with van der Waals surface area (Å²) in [7, 11) is 0. The molecular formula is C18H25ClF3N3O3. The summed E-state index contributed by atoms with van der Waals surface area (Å²) in [4.78, 5) is 24.7. The van der Waals surface area contributed by atoms with Crippen molar-refractivity contribution in [1.82, 2.24) is 15.5 Å². The highest BCUT2D eigenvalue weighted by atomic mass is 35.5. The lowest BCUT2D eigenvalue weighted by Gasteiger charge is -2.35. The highest BCUT2D eigenvalue weighted by Crippen LogP contribution is 2.24. The number of nitrogens with one attached hydrogen (secondary N) is 2. The molecule has 1 amide bonds. The molecule has 0 radical (unpaired) electrons. The lowest BCUT2D eigenvalue weighted by atomic mass is 10.1. The molecular weight excluding hydrogens is 399 g/mol. The van der Waals surface area contributed by atoms with E-state index in [9.17, 15) is 22.8 Å². The number of hydrogen-bond acceptors (Lipinski definition) is 5. The zero-order valence-electron chi connectivity index (χ0n) is 15.6. The molecule has 0 spiro atoms. The zero-order chi connectivity index (χ0) is 19.9. The van der Waals surface area contributed by atoms with Crippen molar-refractivity contribution >= 4 is 24.1 Å². The molecule has 6 nitrogen and oxygen atoms in total. The first-order valence-electron chi connectivity index (χ1n) is 8.85. The number of halogens is 4. The van der Waals surface area contributed by atoms with E-state index < -0.39 is 31.3 Å². The van der Waals surface area contributed by atoms with Crippen LogP contribution in [0.5, 0.6) is 5.75 Å². The summed E-state index contributed by atoms with van der Waals surface area (Å²) in [5.41, 5.74) is 0.540. The van der Waals surface area contributed by atoms with E-state index in [1.165, 1.54) is 4.90 Å². The molecule has 28 heavy (non-hydrogen) atoms.